The molecule has 1 aliphatic heterocycles. The Labute approximate surface area is 175 Å². The van der Waals surface area contributed by atoms with Gasteiger partial charge in [-0.15, -0.1) is 0 Å². The second-order valence-electron chi connectivity index (χ2n) is 8.82. The number of hydrogen-bond acceptors (Lipinski definition) is 5. The lowest BCUT2D eigenvalue weighted by Crippen LogP contribution is -2.36. The van der Waals surface area contributed by atoms with Gasteiger partial charge in [0.15, 0.2) is 17.3 Å². The Hall–Kier alpha value is -3.28. The summed E-state index contributed by atoms with van der Waals surface area (Å²) in [5.74, 6) is 1.39. The third kappa shape index (κ3) is 2.86. The number of benzene rings is 2. The van der Waals surface area contributed by atoms with Gasteiger partial charge in [-0.05, 0) is 48.6 Å². The number of ketones is 1. The van der Waals surface area contributed by atoms with E-state index in [0.717, 1.165) is 40.2 Å². The molecule has 1 aliphatic carbocycles. The minimum absolute atomic E-state index is 0.0931. The summed E-state index contributed by atoms with van der Waals surface area (Å²) in [4.78, 5) is 18.2. The van der Waals surface area contributed by atoms with Crippen LogP contribution in [0.25, 0.3) is 11.0 Å². The monoisotopic (exact) mass is 403 g/mol. The quantitative estimate of drug-likeness (QED) is 0.657. The van der Waals surface area contributed by atoms with E-state index in [1.165, 1.54) is 0 Å². The van der Waals surface area contributed by atoms with Gasteiger partial charge in [0.1, 0.15) is 0 Å². The Morgan fingerprint density at radius 3 is 2.83 bits per heavy atom. The van der Waals surface area contributed by atoms with Crippen LogP contribution in [0.3, 0.4) is 0 Å². The molecule has 0 bridgehead atoms. The van der Waals surface area contributed by atoms with Gasteiger partial charge in [0.2, 0.25) is 5.95 Å². The normalized spacial score (nSPS) is 20.0. The van der Waals surface area contributed by atoms with Crippen LogP contribution in [0, 0.1) is 5.41 Å². The second kappa shape index (κ2) is 6.62. The Bertz CT molecular complexity index is 1210. The predicted molar refractivity (Wildman–Crippen MR) is 116 cm³/mol. The summed E-state index contributed by atoms with van der Waals surface area (Å²) >= 11 is 0. The molecule has 2 aliphatic rings. The van der Waals surface area contributed by atoms with Crippen LogP contribution in [-0.2, 0) is 4.79 Å². The first kappa shape index (κ1) is 18.7. The van der Waals surface area contributed by atoms with E-state index in [1.54, 1.807) is 6.07 Å². The number of Topliss-reactive ketones (excluding diaryl/α,β-unsaturated/α-hetero) is 1. The van der Waals surface area contributed by atoms with Crippen LogP contribution in [-0.4, -0.2) is 27.0 Å². The van der Waals surface area contributed by atoms with Crippen molar-refractivity contribution in [3.63, 3.8) is 0 Å². The van der Waals surface area contributed by atoms with Gasteiger partial charge in [-0.3, -0.25) is 9.36 Å². The van der Waals surface area contributed by atoms with Crippen LogP contribution < -0.4 is 10.1 Å². The number of phenolic OH excluding ortho intramolecular Hbond substituents is 1. The molecule has 154 valence electrons. The molecule has 2 aromatic carbocycles. The molecule has 6 nitrogen and oxygen atoms in total. The average Bonchev–Trinajstić information content (AvgIpc) is 3.05. The van der Waals surface area contributed by atoms with E-state index in [2.05, 4.69) is 23.7 Å². The van der Waals surface area contributed by atoms with Crippen molar-refractivity contribution < 1.29 is 14.6 Å². The number of nitrogens with one attached hydrogen (secondary N) is 1. The van der Waals surface area contributed by atoms with E-state index >= 15 is 0 Å². The van der Waals surface area contributed by atoms with E-state index in [-0.39, 0.29) is 23.0 Å². The van der Waals surface area contributed by atoms with E-state index in [4.69, 9.17) is 9.72 Å². The number of anilines is 1. The van der Waals surface area contributed by atoms with Crippen molar-refractivity contribution in [1.29, 1.82) is 0 Å². The number of imidazole rings is 1. The summed E-state index contributed by atoms with van der Waals surface area (Å²) in [6.07, 6.45) is 1.28. The molecule has 1 atom stereocenters. The van der Waals surface area contributed by atoms with Gasteiger partial charge in [-0.2, -0.15) is 0 Å². The van der Waals surface area contributed by atoms with Crippen LogP contribution in [0.1, 0.15) is 45.2 Å². The van der Waals surface area contributed by atoms with E-state index < -0.39 is 0 Å². The van der Waals surface area contributed by atoms with Crippen LogP contribution in [0.5, 0.6) is 11.5 Å². The maximum absolute atomic E-state index is 13.4. The maximum Gasteiger partial charge on any atom is 0.209 e. The van der Waals surface area contributed by atoms with Crippen LogP contribution in [0.4, 0.5) is 5.95 Å². The zero-order chi connectivity index (χ0) is 21.0. The first-order valence-corrected chi connectivity index (χ1v) is 10.3. The van der Waals surface area contributed by atoms with Crippen molar-refractivity contribution in [2.75, 3.05) is 11.9 Å². The second-order valence-corrected chi connectivity index (χ2v) is 8.82. The fraction of sp³-hybridized carbons (Fsp3) is 0.333. The summed E-state index contributed by atoms with van der Waals surface area (Å²) < 4.78 is 7.72. The highest BCUT2D eigenvalue weighted by atomic mass is 16.5. The molecule has 0 amide bonds. The number of rotatable bonds is 3. The highest BCUT2D eigenvalue weighted by Gasteiger charge is 2.41. The number of aromatic hydroxyl groups is 1. The van der Waals surface area contributed by atoms with Crippen molar-refractivity contribution in [3.05, 3.63) is 59.3 Å². The number of para-hydroxylation sites is 2. The zero-order valence-electron chi connectivity index (χ0n) is 17.4. The molecule has 0 radical (unpaired) electrons. The maximum atomic E-state index is 13.4. The van der Waals surface area contributed by atoms with Crippen LogP contribution in [0.15, 0.2) is 53.7 Å². The molecule has 2 heterocycles. The van der Waals surface area contributed by atoms with Gasteiger partial charge in [0.05, 0.1) is 23.7 Å². The summed E-state index contributed by atoms with van der Waals surface area (Å²) in [6, 6.07) is 13.0. The fourth-order valence-electron chi connectivity index (χ4n) is 4.71. The first-order chi connectivity index (χ1) is 14.4. The van der Waals surface area contributed by atoms with Crippen LogP contribution >= 0.6 is 0 Å². The molecule has 3 aromatic rings. The number of allylic oxidation sites excluding steroid dienone is 2. The summed E-state index contributed by atoms with van der Waals surface area (Å²) in [5.41, 5.74) is 4.34. The summed E-state index contributed by atoms with van der Waals surface area (Å²) in [5, 5.41) is 13.7. The molecule has 1 aromatic heterocycles. The molecule has 0 fully saturated rings. The van der Waals surface area contributed by atoms with Gasteiger partial charge in [-0.1, -0.05) is 32.0 Å². The van der Waals surface area contributed by atoms with Crippen molar-refractivity contribution in [2.24, 2.45) is 5.41 Å². The number of phenols is 1. The third-order valence-electron chi connectivity index (χ3n) is 5.91. The number of carbonyl (C=O) groups is 1. The largest absolute Gasteiger partial charge is 0.504 e. The molecule has 5 rings (SSSR count). The molecule has 0 saturated carbocycles. The van der Waals surface area contributed by atoms with Crippen LogP contribution in [0.2, 0.25) is 0 Å². The lowest BCUT2D eigenvalue weighted by atomic mass is 9.73. The van der Waals surface area contributed by atoms with Crippen molar-refractivity contribution in [1.82, 2.24) is 9.55 Å². The van der Waals surface area contributed by atoms with Gasteiger partial charge >= 0.3 is 0 Å². The molecular formula is C24H25N3O3. The highest BCUT2D eigenvalue weighted by Crippen LogP contribution is 2.47. The van der Waals surface area contributed by atoms with E-state index in [0.29, 0.717) is 18.8 Å². The van der Waals surface area contributed by atoms with E-state index in [9.17, 15) is 9.90 Å². The number of carbonyl (C=O) groups excluding carboxylic acids is 1. The molecule has 0 saturated heterocycles. The fourth-order valence-corrected chi connectivity index (χ4v) is 4.71. The number of aromatic nitrogens is 2. The standard InChI is InChI=1S/C24H25N3O3/c1-4-30-20-11-14(9-10-18(20)28)22-21-16(12-24(2,3)13-19(21)29)26-23-25-15-7-5-6-8-17(15)27(22)23/h5-11,22,28H,4,12-13H2,1-3H3,(H,25,26). The van der Waals surface area contributed by atoms with Crippen molar-refractivity contribution >= 4 is 22.8 Å². The highest BCUT2D eigenvalue weighted by molar-refractivity contribution is 6.01. The Morgan fingerprint density at radius 2 is 2.03 bits per heavy atom. The average molecular weight is 403 g/mol. The van der Waals surface area contributed by atoms with Gasteiger partial charge in [0.25, 0.3) is 0 Å². The number of nitrogens with zero attached hydrogens (tertiary/aromatic N) is 2. The number of fused-ring (bicyclic) bond motifs is 3. The van der Waals surface area contributed by atoms with Gasteiger partial charge in [-0.25, -0.2) is 4.98 Å². The molecule has 1 unspecified atom stereocenters. The Kier molecular flexibility index (Phi) is 4.13. The zero-order valence-corrected chi connectivity index (χ0v) is 17.4. The Morgan fingerprint density at radius 1 is 1.23 bits per heavy atom. The Balaban J connectivity index is 1.77. The van der Waals surface area contributed by atoms with E-state index in [1.807, 2.05) is 43.3 Å². The van der Waals surface area contributed by atoms with Crippen molar-refractivity contribution in [3.8, 4) is 11.5 Å². The minimum atomic E-state index is -0.327. The molecule has 30 heavy (non-hydrogen) atoms. The lowest BCUT2D eigenvalue weighted by molar-refractivity contribution is -0.118. The first-order valence-electron chi connectivity index (χ1n) is 10.3. The summed E-state index contributed by atoms with van der Waals surface area (Å²) in [6.45, 7) is 6.57. The topological polar surface area (TPSA) is 76.4 Å². The van der Waals surface area contributed by atoms with Crippen molar-refractivity contribution in [2.45, 2.75) is 39.7 Å². The molecular weight excluding hydrogens is 378 g/mol. The van der Waals surface area contributed by atoms with Gasteiger partial charge < -0.3 is 15.2 Å². The molecule has 0 spiro atoms. The van der Waals surface area contributed by atoms with Gasteiger partial charge in [0, 0.05) is 17.7 Å². The summed E-state index contributed by atoms with van der Waals surface area (Å²) in [7, 11) is 0. The SMILES string of the molecule is CCOc1cc(C2C3=C(CC(C)(C)CC3=O)Nc3nc4ccccc4n32)ccc1O. The number of hydrogen-bond donors (Lipinski definition) is 2. The molecule has 6 heteroatoms. The minimum Gasteiger partial charge on any atom is -0.504 e. The lowest BCUT2D eigenvalue weighted by Gasteiger charge is -2.39. The molecule has 2 N–H and O–H groups in total. The third-order valence-corrected chi connectivity index (χ3v) is 5.91. The predicted octanol–water partition coefficient (Wildman–Crippen LogP) is 4.80. The smallest absolute Gasteiger partial charge is 0.209 e. The number of ether oxygens (including phenoxy) is 1.